The SMILES string of the molecule is CCNC(C)(C(N)=O)C1CCCCC1. The molecule has 14 heavy (non-hydrogen) atoms. The minimum absolute atomic E-state index is 0.203. The highest BCUT2D eigenvalue weighted by Gasteiger charge is 2.39. The van der Waals surface area contributed by atoms with Gasteiger partial charge in [0.05, 0.1) is 5.54 Å². The van der Waals surface area contributed by atoms with Gasteiger partial charge in [-0.3, -0.25) is 4.79 Å². The number of rotatable bonds is 4. The van der Waals surface area contributed by atoms with Crippen molar-refractivity contribution in [2.45, 2.75) is 51.5 Å². The Morgan fingerprint density at radius 2 is 2.00 bits per heavy atom. The number of hydrogen-bond donors (Lipinski definition) is 2. The predicted molar refractivity (Wildman–Crippen MR) is 57.9 cm³/mol. The molecule has 0 saturated heterocycles. The average molecular weight is 198 g/mol. The number of amides is 1. The van der Waals surface area contributed by atoms with Gasteiger partial charge >= 0.3 is 0 Å². The molecule has 1 amide bonds. The summed E-state index contributed by atoms with van der Waals surface area (Å²) in [5, 5.41) is 3.25. The Hall–Kier alpha value is -0.570. The number of carbonyl (C=O) groups is 1. The molecule has 3 N–H and O–H groups in total. The lowest BCUT2D eigenvalue weighted by Gasteiger charge is -2.38. The van der Waals surface area contributed by atoms with E-state index in [1.54, 1.807) is 0 Å². The Morgan fingerprint density at radius 3 is 2.43 bits per heavy atom. The zero-order valence-corrected chi connectivity index (χ0v) is 9.31. The maximum Gasteiger partial charge on any atom is 0.237 e. The smallest absolute Gasteiger partial charge is 0.237 e. The van der Waals surface area contributed by atoms with Gasteiger partial charge in [-0.15, -0.1) is 0 Å². The van der Waals surface area contributed by atoms with Crippen molar-refractivity contribution in [2.24, 2.45) is 11.7 Å². The van der Waals surface area contributed by atoms with Crippen LogP contribution in [-0.2, 0) is 4.79 Å². The topological polar surface area (TPSA) is 55.1 Å². The molecule has 1 rings (SSSR count). The molecule has 1 aliphatic rings. The monoisotopic (exact) mass is 198 g/mol. The molecule has 0 aromatic heterocycles. The van der Waals surface area contributed by atoms with Crippen LogP contribution in [0.15, 0.2) is 0 Å². The van der Waals surface area contributed by atoms with Crippen molar-refractivity contribution in [3.8, 4) is 0 Å². The first-order chi connectivity index (χ1) is 6.61. The molecule has 0 aromatic rings. The number of likely N-dealkylation sites (N-methyl/N-ethyl adjacent to an activating group) is 1. The van der Waals surface area contributed by atoms with Crippen molar-refractivity contribution in [2.75, 3.05) is 6.54 Å². The Morgan fingerprint density at radius 1 is 1.43 bits per heavy atom. The van der Waals surface area contributed by atoms with Crippen molar-refractivity contribution in [1.82, 2.24) is 5.32 Å². The van der Waals surface area contributed by atoms with Crippen LogP contribution in [0.2, 0.25) is 0 Å². The zero-order chi connectivity index (χ0) is 10.6. The lowest BCUT2D eigenvalue weighted by molar-refractivity contribution is -0.126. The maximum absolute atomic E-state index is 11.5. The quantitative estimate of drug-likeness (QED) is 0.718. The van der Waals surface area contributed by atoms with E-state index < -0.39 is 5.54 Å². The molecule has 0 bridgehead atoms. The molecule has 0 radical (unpaired) electrons. The van der Waals surface area contributed by atoms with Crippen LogP contribution in [0.25, 0.3) is 0 Å². The minimum atomic E-state index is -0.491. The normalized spacial score (nSPS) is 23.0. The fraction of sp³-hybridized carbons (Fsp3) is 0.909. The zero-order valence-electron chi connectivity index (χ0n) is 9.31. The Bertz CT molecular complexity index is 199. The van der Waals surface area contributed by atoms with Crippen molar-refractivity contribution >= 4 is 5.91 Å². The van der Waals surface area contributed by atoms with E-state index in [0.29, 0.717) is 5.92 Å². The van der Waals surface area contributed by atoms with Gasteiger partial charge in [-0.1, -0.05) is 26.2 Å². The highest BCUT2D eigenvalue weighted by molar-refractivity contribution is 5.84. The third kappa shape index (κ3) is 2.27. The molecule has 0 heterocycles. The van der Waals surface area contributed by atoms with Gasteiger partial charge in [-0.25, -0.2) is 0 Å². The summed E-state index contributed by atoms with van der Waals surface area (Å²) >= 11 is 0. The Kier molecular flexibility index (Phi) is 3.93. The summed E-state index contributed by atoms with van der Waals surface area (Å²) in [6, 6.07) is 0. The number of nitrogens with one attached hydrogen (secondary N) is 1. The summed E-state index contributed by atoms with van der Waals surface area (Å²) in [5.74, 6) is 0.222. The van der Waals surface area contributed by atoms with E-state index in [1.807, 2.05) is 13.8 Å². The molecule has 0 spiro atoms. The van der Waals surface area contributed by atoms with Crippen molar-refractivity contribution in [3.05, 3.63) is 0 Å². The van der Waals surface area contributed by atoms with E-state index in [0.717, 1.165) is 19.4 Å². The van der Waals surface area contributed by atoms with E-state index in [-0.39, 0.29) is 5.91 Å². The molecule has 82 valence electrons. The fourth-order valence-corrected chi connectivity index (χ4v) is 2.48. The lowest BCUT2D eigenvalue weighted by atomic mass is 9.75. The largest absolute Gasteiger partial charge is 0.368 e. The van der Waals surface area contributed by atoms with E-state index in [1.165, 1.54) is 19.3 Å². The molecule has 0 aromatic carbocycles. The van der Waals surface area contributed by atoms with E-state index in [2.05, 4.69) is 5.32 Å². The second-order valence-corrected chi connectivity index (χ2v) is 4.43. The summed E-state index contributed by atoms with van der Waals surface area (Å²) in [4.78, 5) is 11.5. The second-order valence-electron chi connectivity index (χ2n) is 4.43. The van der Waals surface area contributed by atoms with Crippen LogP contribution in [0.3, 0.4) is 0 Å². The average Bonchev–Trinajstić information content (AvgIpc) is 2.19. The highest BCUT2D eigenvalue weighted by atomic mass is 16.1. The van der Waals surface area contributed by atoms with Crippen molar-refractivity contribution < 1.29 is 4.79 Å². The Balaban J connectivity index is 2.69. The molecular formula is C11H22N2O. The summed E-state index contributed by atoms with van der Waals surface area (Å²) < 4.78 is 0. The van der Waals surface area contributed by atoms with Crippen molar-refractivity contribution in [1.29, 1.82) is 0 Å². The summed E-state index contributed by atoms with van der Waals surface area (Å²) in [5.41, 5.74) is 5.00. The number of primary amides is 1. The summed E-state index contributed by atoms with van der Waals surface area (Å²) in [6.45, 7) is 4.77. The van der Waals surface area contributed by atoms with Gasteiger partial charge in [-0.05, 0) is 32.2 Å². The first kappa shape index (κ1) is 11.5. The molecule has 1 aliphatic carbocycles. The van der Waals surface area contributed by atoms with Crippen LogP contribution < -0.4 is 11.1 Å². The molecule has 1 fully saturated rings. The van der Waals surface area contributed by atoms with Gasteiger partial charge < -0.3 is 11.1 Å². The minimum Gasteiger partial charge on any atom is -0.368 e. The van der Waals surface area contributed by atoms with Crippen LogP contribution in [0.5, 0.6) is 0 Å². The molecule has 3 heteroatoms. The number of carbonyl (C=O) groups excluding carboxylic acids is 1. The van der Waals surface area contributed by atoms with Crippen LogP contribution >= 0.6 is 0 Å². The van der Waals surface area contributed by atoms with Gasteiger partial charge in [0.2, 0.25) is 5.91 Å². The van der Waals surface area contributed by atoms with Gasteiger partial charge in [0.15, 0.2) is 0 Å². The number of hydrogen-bond acceptors (Lipinski definition) is 2. The van der Waals surface area contributed by atoms with Gasteiger partial charge in [0.1, 0.15) is 0 Å². The van der Waals surface area contributed by atoms with E-state index >= 15 is 0 Å². The third-order valence-corrected chi connectivity index (χ3v) is 3.48. The van der Waals surface area contributed by atoms with E-state index in [9.17, 15) is 4.79 Å². The highest BCUT2D eigenvalue weighted by Crippen LogP contribution is 2.32. The van der Waals surface area contributed by atoms with Gasteiger partial charge in [0.25, 0.3) is 0 Å². The van der Waals surface area contributed by atoms with Gasteiger partial charge in [-0.2, -0.15) is 0 Å². The maximum atomic E-state index is 11.5. The third-order valence-electron chi connectivity index (χ3n) is 3.48. The summed E-state index contributed by atoms with van der Waals surface area (Å²) in [7, 11) is 0. The first-order valence-electron chi connectivity index (χ1n) is 5.66. The van der Waals surface area contributed by atoms with Crippen LogP contribution in [0, 0.1) is 5.92 Å². The Labute approximate surface area is 86.4 Å². The predicted octanol–water partition coefficient (Wildman–Crippen LogP) is 1.42. The molecule has 1 atom stereocenters. The standard InChI is InChI=1S/C11H22N2O/c1-3-13-11(2,10(12)14)9-7-5-4-6-8-9/h9,13H,3-8H2,1-2H3,(H2,12,14). The van der Waals surface area contributed by atoms with Crippen molar-refractivity contribution in [3.63, 3.8) is 0 Å². The molecular weight excluding hydrogens is 176 g/mol. The fourth-order valence-electron chi connectivity index (χ4n) is 2.48. The van der Waals surface area contributed by atoms with Crippen LogP contribution in [-0.4, -0.2) is 18.0 Å². The lowest BCUT2D eigenvalue weighted by Crippen LogP contribution is -2.58. The second kappa shape index (κ2) is 4.78. The number of nitrogens with two attached hydrogens (primary N) is 1. The molecule has 1 saturated carbocycles. The first-order valence-corrected chi connectivity index (χ1v) is 5.66. The molecule has 0 aliphatic heterocycles. The van der Waals surface area contributed by atoms with E-state index in [4.69, 9.17) is 5.73 Å². The van der Waals surface area contributed by atoms with Crippen LogP contribution in [0.1, 0.15) is 46.0 Å². The molecule has 1 unspecified atom stereocenters. The molecule has 3 nitrogen and oxygen atoms in total. The van der Waals surface area contributed by atoms with Crippen LogP contribution in [0.4, 0.5) is 0 Å². The summed E-state index contributed by atoms with van der Waals surface area (Å²) in [6.07, 6.45) is 6.04. The van der Waals surface area contributed by atoms with Gasteiger partial charge in [0, 0.05) is 0 Å².